The largest absolute Gasteiger partial charge is 0.468 e. The summed E-state index contributed by atoms with van der Waals surface area (Å²) >= 11 is 5.74. The van der Waals surface area contributed by atoms with Crippen molar-refractivity contribution in [3.63, 3.8) is 0 Å². The first-order chi connectivity index (χ1) is 9.05. The van der Waals surface area contributed by atoms with Crippen LogP contribution in [0.3, 0.4) is 0 Å². The highest BCUT2D eigenvalue weighted by molar-refractivity contribution is 7.92. The van der Waals surface area contributed by atoms with Crippen molar-refractivity contribution < 1.29 is 12.8 Å². The Labute approximate surface area is 116 Å². The summed E-state index contributed by atoms with van der Waals surface area (Å²) < 4.78 is 30.8. The molecule has 2 aromatic rings. The molecule has 4 nitrogen and oxygen atoms in total. The minimum absolute atomic E-state index is 0.125. The van der Waals surface area contributed by atoms with E-state index in [0.717, 1.165) is 11.0 Å². The van der Waals surface area contributed by atoms with Crippen LogP contribution in [0.2, 0.25) is 5.02 Å². The number of benzene rings is 1. The molecule has 0 amide bonds. The maximum atomic E-state index is 11.7. The van der Waals surface area contributed by atoms with Crippen LogP contribution in [0.15, 0.2) is 52.5 Å². The van der Waals surface area contributed by atoms with Crippen molar-refractivity contribution in [3.8, 4) is 0 Å². The second kappa shape index (κ2) is 6.06. The number of hydrogen-bond acceptors (Lipinski definition) is 3. The van der Waals surface area contributed by atoms with Gasteiger partial charge in [-0.1, -0.05) is 23.7 Å². The standard InChI is InChI=1S/C13H12ClNO3S/c14-12-5-3-11(4-6-12)7-9-19(16,17)15-10-13-2-1-8-18-13/h1-9,15H,10H2/b9-7+. The highest BCUT2D eigenvalue weighted by Gasteiger charge is 2.05. The number of rotatable bonds is 5. The third kappa shape index (κ3) is 4.55. The monoisotopic (exact) mass is 297 g/mol. The molecule has 1 N–H and O–H groups in total. The Morgan fingerprint density at radius 2 is 1.95 bits per heavy atom. The predicted molar refractivity (Wildman–Crippen MR) is 75.0 cm³/mol. The first kappa shape index (κ1) is 13.9. The van der Waals surface area contributed by atoms with Crippen LogP contribution in [0.1, 0.15) is 11.3 Å². The summed E-state index contributed by atoms with van der Waals surface area (Å²) in [5.74, 6) is 0.559. The van der Waals surface area contributed by atoms with Gasteiger partial charge in [-0.05, 0) is 35.9 Å². The van der Waals surface area contributed by atoms with Gasteiger partial charge in [0.05, 0.1) is 12.8 Å². The van der Waals surface area contributed by atoms with E-state index in [1.165, 1.54) is 12.3 Å². The molecule has 2 rings (SSSR count). The topological polar surface area (TPSA) is 59.3 Å². The maximum absolute atomic E-state index is 11.7. The third-order valence-electron chi connectivity index (χ3n) is 2.34. The Morgan fingerprint density at radius 1 is 1.21 bits per heavy atom. The number of nitrogens with one attached hydrogen (secondary N) is 1. The van der Waals surface area contributed by atoms with E-state index in [4.69, 9.17) is 16.0 Å². The molecule has 1 aromatic carbocycles. The van der Waals surface area contributed by atoms with Crippen LogP contribution in [-0.2, 0) is 16.6 Å². The maximum Gasteiger partial charge on any atom is 0.234 e. The Bertz CT molecular complexity index is 646. The van der Waals surface area contributed by atoms with Gasteiger partial charge in [0, 0.05) is 10.4 Å². The van der Waals surface area contributed by atoms with Gasteiger partial charge in [0.2, 0.25) is 10.0 Å². The molecule has 0 aliphatic heterocycles. The van der Waals surface area contributed by atoms with Gasteiger partial charge in [0.15, 0.2) is 0 Å². The van der Waals surface area contributed by atoms with Gasteiger partial charge in [0.1, 0.15) is 5.76 Å². The van der Waals surface area contributed by atoms with Crippen LogP contribution in [-0.4, -0.2) is 8.42 Å². The van der Waals surface area contributed by atoms with Crippen molar-refractivity contribution in [2.45, 2.75) is 6.54 Å². The van der Waals surface area contributed by atoms with Gasteiger partial charge < -0.3 is 4.42 Å². The molecule has 6 heteroatoms. The van der Waals surface area contributed by atoms with Gasteiger partial charge >= 0.3 is 0 Å². The van der Waals surface area contributed by atoms with Gasteiger partial charge in [-0.3, -0.25) is 0 Å². The zero-order valence-electron chi connectivity index (χ0n) is 9.91. The molecule has 0 bridgehead atoms. The van der Waals surface area contributed by atoms with E-state index in [1.807, 2.05) is 0 Å². The molecule has 0 atom stereocenters. The van der Waals surface area contributed by atoms with Crippen LogP contribution < -0.4 is 4.72 Å². The smallest absolute Gasteiger partial charge is 0.234 e. The summed E-state index contributed by atoms with van der Waals surface area (Å²) in [6.45, 7) is 0.125. The average molecular weight is 298 g/mol. The van der Waals surface area contributed by atoms with Crippen LogP contribution in [0.4, 0.5) is 0 Å². The van der Waals surface area contributed by atoms with E-state index in [2.05, 4.69) is 4.72 Å². The van der Waals surface area contributed by atoms with Gasteiger partial charge in [-0.15, -0.1) is 0 Å². The molecule has 0 radical (unpaired) electrons. The Morgan fingerprint density at radius 3 is 2.58 bits per heavy atom. The Hall–Kier alpha value is -1.56. The number of sulfonamides is 1. The second-order valence-corrected chi connectivity index (χ2v) is 5.89. The van der Waals surface area contributed by atoms with E-state index in [9.17, 15) is 8.42 Å². The highest BCUT2D eigenvalue weighted by atomic mass is 35.5. The van der Waals surface area contributed by atoms with E-state index in [0.29, 0.717) is 10.8 Å². The van der Waals surface area contributed by atoms with Crippen molar-refractivity contribution >= 4 is 27.7 Å². The predicted octanol–water partition coefficient (Wildman–Crippen LogP) is 3.02. The lowest BCUT2D eigenvalue weighted by Gasteiger charge is -2.00. The third-order valence-corrected chi connectivity index (χ3v) is 3.63. The zero-order chi connectivity index (χ0) is 13.7. The van der Waals surface area contributed by atoms with Gasteiger partial charge in [-0.2, -0.15) is 0 Å². The van der Waals surface area contributed by atoms with Crippen molar-refractivity contribution in [2.24, 2.45) is 0 Å². The molecule has 0 fully saturated rings. The molecule has 0 aliphatic carbocycles. The molecule has 100 valence electrons. The normalized spacial score (nSPS) is 12.1. The van der Waals surface area contributed by atoms with Gasteiger partial charge in [0.25, 0.3) is 0 Å². The highest BCUT2D eigenvalue weighted by Crippen LogP contribution is 2.11. The Kier molecular flexibility index (Phi) is 4.42. The summed E-state index contributed by atoms with van der Waals surface area (Å²) in [4.78, 5) is 0. The fourth-order valence-corrected chi connectivity index (χ4v) is 2.28. The number of hydrogen-bond donors (Lipinski definition) is 1. The zero-order valence-corrected chi connectivity index (χ0v) is 11.5. The SMILES string of the molecule is O=S(=O)(/C=C/c1ccc(Cl)cc1)NCc1ccco1. The van der Waals surface area contributed by atoms with Crippen LogP contribution in [0.5, 0.6) is 0 Å². The molecule has 1 aromatic heterocycles. The second-order valence-electron chi connectivity index (χ2n) is 3.80. The van der Waals surface area contributed by atoms with Crippen LogP contribution in [0, 0.1) is 0 Å². The molecule has 0 saturated carbocycles. The summed E-state index contributed by atoms with van der Waals surface area (Å²) in [6.07, 6.45) is 2.99. The Balaban J connectivity index is 1.98. The lowest BCUT2D eigenvalue weighted by atomic mass is 10.2. The molecular formula is C13H12ClNO3S. The van der Waals surface area contributed by atoms with Crippen LogP contribution >= 0.6 is 11.6 Å². The summed E-state index contributed by atoms with van der Waals surface area (Å²) in [5, 5.41) is 1.72. The quantitative estimate of drug-likeness (QED) is 0.923. The van der Waals surface area contributed by atoms with E-state index >= 15 is 0 Å². The lowest BCUT2D eigenvalue weighted by Crippen LogP contribution is -2.20. The fourth-order valence-electron chi connectivity index (χ4n) is 1.38. The summed E-state index contributed by atoms with van der Waals surface area (Å²) in [5.41, 5.74) is 0.757. The molecular weight excluding hydrogens is 286 g/mol. The average Bonchev–Trinajstić information content (AvgIpc) is 2.89. The minimum Gasteiger partial charge on any atom is -0.468 e. The molecule has 1 heterocycles. The summed E-state index contributed by atoms with van der Waals surface area (Å²) in [7, 11) is -3.49. The summed E-state index contributed by atoms with van der Waals surface area (Å²) in [6, 6.07) is 10.3. The lowest BCUT2D eigenvalue weighted by molar-refractivity contribution is 0.500. The molecule has 0 aliphatic rings. The first-order valence-electron chi connectivity index (χ1n) is 5.51. The van der Waals surface area contributed by atoms with Crippen molar-refractivity contribution in [2.75, 3.05) is 0 Å². The van der Waals surface area contributed by atoms with E-state index < -0.39 is 10.0 Å². The minimum atomic E-state index is -3.49. The van der Waals surface area contributed by atoms with E-state index in [1.54, 1.807) is 36.4 Å². The number of furan rings is 1. The fraction of sp³-hybridized carbons (Fsp3) is 0.0769. The molecule has 0 unspecified atom stereocenters. The first-order valence-corrected chi connectivity index (χ1v) is 7.43. The van der Waals surface area contributed by atoms with Crippen molar-refractivity contribution in [3.05, 3.63) is 64.4 Å². The van der Waals surface area contributed by atoms with Crippen molar-refractivity contribution in [1.82, 2.24) is 4.72 Å². The molecule has 0 saturated heterocycles. The van der Waals surface area contributed by atoms with E-state index in [-0.39, 0.29) is 6.54 Å². The molecule has 19 heavy (non-hydrogen) atoms. The van der Waals surface area contributed by atoms with Crippen LogP contribution in [0.25, 0.3) is 6.08 Å². The van der Waals surface area contributed by atoms with Gasteiger partial charge in [-0.25, -0.2) is 13.1 Å². The van der Waals surface area contributed by atoms with Crippen molar-refractivity contribution in [1.29, 1.82) is 0 Å². The number of halogens is 1. The molecule has 0 spiro atoms.